The molecule has 6 heteroatoms. The molecule has 19 heavy (non-hydrogen) atoms. The van der Waals surface area contributed by atoms with Crippen LogP contribution < -0.4 is 5.73 Å². The van der Waals surface area contributed by atoms with E-state index in [1.165, 1.54) is 6.07 Å². The van der Waals surface area contributed by atoms with Gasteiger partial charge in [0.25, 0.3) is 0 Å². The highest BCUT2D eigenvalue weighted by molar-refractivity contribution is 14.1. The van der Waals surface area contributed by atoms with Crippen molar-refractivity contribution in [1.29, 1.82) is 0 Å². The number of halogens is 3. The molecule has 0 bridgehead atoms. The topological polar surface area (TPSA) is 51.8 Å². The van der Waals surface area contributed by atoms with Crippen LogP contribution in [0.25, 0.3) is 11.4 Å². The molecule has 2 aromatic rings. The first-order valence-corrected chi connectivity index (χ1v) is 7.31. The van der Waals surface area contributed by atoms with E-state index >= 15 is 0 Å². The SMILES string of the molecule is Nc1nc(-c2cccc(Cl)c2F)nc(C2CC2)c1I. The number of nitrogens with zero attached hydrogens (tertiary/aromatic N) is 2. The van der Waals surface area contributed by atoms with E-state index in [9.17, 15) is 4.39 Å². The number of anilines is 1. The molecule has 0 amide bonds. The van der Waals surface area contributed by atoms with Crippen LogP contribution in [-0.4, -0.2) is 9.97 Å². The van der Waals surface area contributed by atoms with Gasteiger partial charge in [0.1, 0.15) is 5.82 Å². The predicted molar refractivity (Wildman–Crippen MR) is 81.5 cm³/mol. The third-order valence-corrected chi connectivity index (χ3v) is 4.46. The first kappa shape index (κ1) is 13.1. The summed E-state index contributed by atoms with van der Waals surface area (Å²) in [4.78, 5) is 8.65. The highest BCUT2D eigenvalue weighted by Crippen LogP contribution is 2.42. The van der Waals surface area contributed by atoms with E-state index in [-0.39, 0.29) is 10.6 Å². The molecule has 1 aliphatic carbocycles. The molecule has 0 unspecified atom stereocenters. The van der Waals surface area contributed by atoms with E-state index in [0.717, 1.165) is 22.1 Å². The fourth-order valence-electron chi connectivity index (χ4n) is 1.91. The van der Waals surface area contributed by atoms with E-state index in [4.69, 9.17) is 17.3 Å². The summed E-state index contributed by atoms with van der Waals surface area (Å²) in [5, 5.41) is 0.0613. The van der Waals surface area contributed by atoms with Crippen LogP contribution in [0.2, 0.25) is 5.02 Å². The normalized spacial score (nSPS) is 14.7. The van der Waals surface area contributed by atoms with Gasteiger partial charge in [0, 0.05) is 5.92 Å². The molecule has 1 saturated carbocycles. The summed E-state index contributed by atoms with van der Waals surface area (Å²) in [7, 11) is 0. The lowest BCUT2D eigenvalue weighted by Crippen LogP contribution is -2.05. The Balaban J connectivity index is 2.17. The predicted octanol–water partition coefficient (Wildman–Crippen LogP) is 4.00. The van der Waals surface area contributed by atoms with Crippen molar-refractivity contribution >= 4 is 40.0 Å². The van der Waals surface area contributed by atoms with Crippen LogP contribution in [0.1, 0.15) is 24.5 Å². The quantitative estimate of drug-likeness (QED) is 0.790. The van der Waals surface area contributed by atoms with E-state index in [1.54, 1.807) is 12.1 Å². The van der Waals surface area contributed by atoms with Gasteiger partial charge >= 0.3 is 0 Å². The Labute approximate surface area is 128 Å². The van der Waals surface area contributed by atoms with Crippen molar-refractivity contribution < 1.29 is 4.39 Å². The molecule has 0 spiro atoms. The van der Waals surface area contributed by atoms with E-state index in [2.05, 4.69) is 32.6 Å². The third-order valence-electron chi connectivity index (χ3n) is 3.06. The van der Waals surface area contributed by atoms with Crippen LogP contribution in [0.4, 0.5) is 10.2 Å². The lowest BCUT2D eigenvalue weighted by atomic mass is 10.2. The van der Waals surface area contributed by atoms with Crippen LogP contribution in [-0.2, 0) is 0 Å². The molecule has 1 aromatic heterocycles. The van der Waals surface area contributed by atoms with Crippen LogP contribution in [0.5, 0.6) is 0 Å². The van der Waals surface area contributed by atoms with Crippen molar-refractivity contribution in [1.82, 2.24) is 9.97 Å². The molecule has 1 heterocycles. The van der Waals surface area contributed by atoms with Crippen LogP contribution in [0.3, 0.4) is 0 Å². The van der Waals surface area contributed by atoms with Gasteiger partial charge in [-0.05, 0) is 47.6 Å². The maximum absolute atomic E-state index is 14.0. The van der Waals surface area contributed by atoms with Gasteiger partial charge in [-0.15, -0.1) is 0 Å². The molecule has 0 atom stereocenters. The Hall–Kier alpha value is -0.950. The number of hydrogen-bond acceptors (Lipinski definition) is 3. The lowest BCUT2D eigenvalue weighted by molar-refractivity contribution is 0.630. The van der Waals surface area contributed by atoms with Crippen LogP contribution in [0, 0.1) is 9.39 Å². The highest BCUT2D eigenvalue weighted by atomic mass is 127. The highest BCUT2D eigenvalue weighted by Gasteiger charge is 2.29. The van der Waals surface area contributed by atoms with Crippen molar-refractivity contribution in [2.24, 2.45) is 0 Å². The van der Waals surface area contributed by atoms with Crippen molar-refractivity contribution in [2.75, 3.05) is 5.73 Å². The van der Waals surface area contributed by atoms with E-state index < -0.39 is 5.82 Å². The molecule has 0 radical (unpaired) electrons. The Morgan fingerprint density at radius 1 is 1.32 bits per heavy atom. The second kappa shape index (κ2) is 4.86. The summed E-state index contributed by atoms with van der Waals surface area (Å²) < 4.78 is 14.9. The van der Waals surface area contributed by atoms with Crippen molar-refractivity contribution in [3.05, 3.63) is 38.3 Å². The first-order chi connectivity index (χ1) is 9.08. The molecular weight excluding hydrogens is 380 g/mol. The fourth-order valence-corrected chi connectivity index (χ4v) is 2.76. The maximum atomic E-state index is 14.0. The summed E-state index contributed by atoms with van der Waals surface area (Å²) in [6.07, 6.45) is 2.20. The monoisotopic (exact) mass is 389 g/mol. The zero-order valence-electron chi connectivity index (χ0n) is 9.83. The first-order valence-electron chi connectivity index (χ1n) is 5.85. The van der Waals surface area contributed by atoms with Gasteiger partial charge in [0.05, 0.1) is 19.9 Å². The Bertz CT molecular complexity index is 659. The zero-order valence-corrected chi connectivity index (χ0v) is 12.7. The molecular formula is C13H10ClFIN3. The zero-order chi connectivity index (χ0) is 13.6. The number of nitrogens with two attached hydrogens (primary N) is 1. The minimum atomic E-state index is -0.508. The summed E-state index contributed by atoms with van der Waals surface area (Å²) in [5.74, 6) is 0.622. The van der Waals surface area contributed by atoms with Crippen LogP contribution in [0.15, 0.2) is 18.2 Å². The minimum absolute atomic E-state index is 0.0613. The molecule has 0 saturated heterocycles. The molecule has 3 rings (SSSR count). The van der Waals surface area contributed by atoms with E-state index in [0.29, 0.717) is 17.6 Å². The van der Waals surface area contributed by atoms with Gasteiger partial charge < -0.3 is 5.73 Å². The number of rotatable bonds is 2. The summed E-state index contributed by atoms with van der Waals surface area (Å²) >= 11 is 7.93. The smallest absolute Gasteiger partial charge is 0.164 e. The Kier molecular flexibility index (Phi) is 3.34. The largest absolute Gasteiger partial charge is 0.383 e. The van der Waals surface area contributed by atoms with Crippen molar-refractivity contribution in [2.45, 2.75) is 18.8 Å². The molecule has 2 N–H and O–H groups in total. The molecule has 1 aromatic carbocycles. The van der Waals surface area contributed by atoms with Crippen LogP contribution >= 0.6 is 34.2 Å². The average molecular weight is 390 g/mol. The molecule has 1 aliphatic rings. The maximum Gasteiger partial charge on any atom is 0.164 e. The average Bonchev–Trinajstić information content (AvgIpc) is 3.20. The van der Waals surface area contributed by atoms with E-state index in [1.807, 2.05) is 0 Å². The number of hydrogen-bond donors (Lipinski definition) is 1. The summed E-state index contributed by atoms with van der Waals surface area (Å²) in [6.45, 7) is 0. The minimum Gasteiger partial charge on any atom is -0.383 e. The van der Waals surface area contributed by atoms with Gasteiger partial charge in [0.15, 0.2) is 11.6 Å². The molecule has 1 fully saturated rings. The summed E-state index contributed by atoms with van der Waals surface area (Å²) in [5.41, 5.74) is 7.11. The molecule has 3 nitrogen and oxygen atoms in total. The molecule has 98 valence electrons. The Morgan fingerprint density at radius 3 is 2.74 bits per heavy atom. The summed E-state index contributed by atoms with van der Waals surface area (Å²) in [6, 6.07) is 4.78. The van der Waals surface area contributed by atoms with Gasteiger partial charge in [0.2, 0.25) is 0 Å². The third kappa shape index (κ3) is 2.41. The van der Waals surface area contributed by atoms with Crippen molar-refractivity contribution in [3.8, 4) is 11.4 Å². The number of nitrogen functional groups attached to an aromatic ring is 1. The van der Waals surface area contributed by atoms with Gasteiger partial charge in [-0.2, -0.15) is 0 Å². The molecule has 0 aliphatic heterocycles. The Morgan fingerprint density at radius 2 is 2.05 bits per heavy atom. The number of benzene rings is 1. The fraction of sp³-hybridized carbons (Fsp3) is 0.231. The second-order valence-electron chi connectivity index (χ2n) is 4.51. The van der Waals surface area contributed by atoms with Gasteiger partial charge in [-0.1, -0.05) is 17.7 Å². The number of aromatic nitrogens is 2. The lowest BCUT2D eigenvalue weighted by Gasteiger charge is -2.09. The second-order valence-corrected chi connectivity index (χ2v) is 5.99. The van der Waals surface area contributed by atoms with Crippen molar-refractivity contribution in [3.63, 3.8) is 0 Å². The van der Waals surface area contributed by atoms with Gasteiger partial charge in [-0.25, -0.2) is 14.4 Å². The standard InChI is InChI=1S/C13H10ClFIN3/c14-8-3-1-2-7(9(8)15)13-18-11(6-4-5-6)10(16)12(17)19-13/h1-3,6H,4-5H2,(H2,17,18,19). The van der Waals surface area contributed by atoms with Gasteiger partial charge in [-0.3, -0.25) is 0 Å².